The van der Waals surface area contributed by atoms with Gasteiger partial charge in [-0.05, 0) is 47.2 Å². The molecule has 0 fully saturated rings. The van der Waals surface area contributed by atoms with Crippen molar-refractivity contribution in [2.75, 3.05) is 6.54 Å². The minimum atomic E-state index is 0.0851. The molecule has 2 aromatic carbocycles. The fourth-order valence-electron chi connectivity index (χ4n) is 3.62. The Balaban J connectivity index is 1.78. The molecule has 0 spiro atoms. The summed E-state index contributed by atoms with van der Waals surface area (Å²) in [6.45, 7) is 11.0. The molecule has 0 saturated carbocycles. The summed E-state index contributed by atoms with van der Waals surface area (Å²) in [6, 6.07) is 22.8. The molecule has 0 unspecified atom stereocenters. The predicted molar refractivity (Wildman–Crippen MR) is 125 cm³/mol. The summed E-state index contributed by atoms with van der Waals surface area (Å²) in [5.74, 6) is 0.108. The molecular weight excluding hydrogens is 368 g/mol. The number of carbonyl (C=O) groups is 1. The molecule has 0 aliphatic rings. The van der Waals surface area contributed by atoms with Crippen LogP contribution in [0.3, 0.4) is 0 Å². The molecule has 0 N–H and O–H groups in total. The van der Waals surface area contributed by atoms with Crippen LogP contribution in [0, 0.1) is 0 Å². The van der Waals surface area contributed by atoms with E-state index in [2.05, 4.69) is 87.0 Å². The summed E-state index contributed by atoms with van der Waals surface area (Å²) in [5.41, 5.74) is 4.52. The maximum absolute atomic E-state index is 13.3. The fraction of sp³-hybridized carbons (Fsp3) is 0.370. The molecule has 0 bridgehead atoms. The summed E-state index contributed by atoms with van der Waals surface area (Å²) < 4.78 is 2.24. The van der Waals surface area contributed by atoms with Crippen LogP contribution in [0.15, 0.2) is 72.9 Å². The van der Waals surface area contributed by atoms with Gasteiger partial charge in [-0.2, -0.15) is 0 Å². The number of amides is 1. The Morgan fingerprint density at radius 2 is 1.63 bits per heavy atom. The lowest BCUT2D eigenvalue weighted by Gasteiger charge is -2.24. The van der Waals surface area contributed by atoms with Crippen LogP contribution in [-0.2, 0) is 18.5 Å². The highest BCUT2D eigenvalue weighted by Crippen LogP contribution is 2.23. The quantitative estimate of drug-likeness (QED) is 0.435. The minimum Gasteiger partial charge on any atom is -0.345 e. The molecule has 1 aromatic heterocycles. The number of rotatable bonds is 8. The first-order valence-corrected chi connectivity index (χ1v) is 11.0. The van der Waals surface area contributed by atoms with Gasteiger partial charge in [0, 0.05) is 30.5 Å². The van der Waals surface area contributed by atoms with E-state index in [1.807, 2.05) is 23.1 Å². The van der Waals surface area contributed by atoms with E-state index >= 15 is 0 Å². The first-order valence-electron chi connectivity index (χ1n) is 11.0. The van der Waals surface area contributed by atoms with Crippen LogP contribution >= 0.6 is 0 Å². The first-order chi connectivity index (χ1) is 14.4. The number of aromatic nitrogens is 1. The average molecular weight is 403 g/mol. The third-order valence-corrected chi connectivity index (χ3v) is 5.54. The number of hydrogen-bond donors (Lipinski definition) is 0. The zero-order chi connectivity index (χ0) is 21.6. The van der Waals surface area contributed by atoms with E-state index in [1.165, 1.54) is 11.1 Å². The van der Waals surface area contributed by atoms with Gasteiger partial charge in [0.05, 0.1) is 6.54 Å². The van der Waals surface area contributed by atoms with Gasteiger partial charge in [-0.3, -0.25) is 4.79 Å². The SMILES string of the molecule is CCCCN(Cc1cccn1Cc1ccccc1)C(=O)c1ccc(C(C)(C)C)cc1. The Hall–Kier alpha value is -2.81. The summed E-state index contributed by atoms with van der Waals surface area (Å²) in [5, 5.41) is 0. The molecule has 1 heterocycles. The topological polar surface area (TPSA) is 25.2 Å². The van der Waals surface area contributed by atoms with E-state index < -0.39 is 0 Å². The number of nitrogens with zero attached hydrogens (tertiary/aromatic N) is 2. The Bertz CT molecular complexity index is 933. The lowest BCUT2D eigenvalue weighted by atomic mass is 9.86. The number of unbranched alkanes of at least 4 members (excludes halogenated alkanes) is 1. The van der Waals surface area contributed by atoms with Gasteiger partial charge in [0.25, 0.3) is 5.91 Å². The third kappa shape index (κ3) is 5.63. The monoisotopic (exact) mass is 402 g/mol. The van der Waals surface area contributed by atoms with Crippen molar-refractivity contribution in [1.82, 2.24) is 9.47 Å². The second-order valence-electron chi connectivity index (χ2n) is 9.02. The molecule has 0 atom stereocenters. The highest BCUT2D eigenvalue weighted by molar-refractivity contribution is 5.94. The van der Waals surface area contributed by atoms with Crippen molar-refractivity contribution in [3.8, 4) is 0 Å². The molecule has 158 valence electrons. The molecule has 0 saturated heterocycles. The Labute approximate surface area is 181 Å². The van der Waals surface area contributed by atoms with Crippen LogP contribution in [0.25, 0.3) is 0 Å². The van der Waals surface area contributed by atoms with E-state index in [9.17, 15) is 4.79 Å². The summed E-state index contributed by atoms with van der Waals surface area (Å²) in [7, 11) is 0. The summed E-state index contributed by atoms with van der Waals surface area (Å²) >= 11 is 0. The predicted octanol–water partition coefficient (Wildman–Crippen LogP) is 6.28. The van der Waals surface area contributed by atoms with E-state index in [0.717, 1.165) is 37.2 Å². The standard InChI is InChI=1S/C27H34N2O/c1-5-6-18-29(26(30)23-14-16-24(17-15-23)27(2,3)4)21-25-13-10-19-28(25)20-22-11-8-7-9-12-22/h7-17,19H,5-6,18,20-21H2,1-4H3. The Morgan fingerprint density at radius 3 is 2.27 bits per heavy atom. The van der Waals surface area contributed by atoms with E-state index in [0.29, 0.717) is 6.54 Å². The summed E-state index contributed by atoms with van der Waals surface area (Å²) in [6.07, 6.45) is 4.17. The van der Waals surface area contributed by atoms with Gasteiger partial charge in [0.2, 0.25) is 0 Å². The molecule has 3 heteroatoms. The number of carbonyl (C=O) groups excluding carboxylic acids is 1. The van der Waals surface area contributed by atoms with E-state index in [4.69, 9.17) is 0 Å². The lowest BCUT2D eigenvalue weighted by molar-refractivity contribution is 0.0737. The maximum Gasteiger partial charge on any atom is 0.254 e. The van der Waals surface area contributed by atoms with Gasteiger partial charge >= 0.3 is 0 Å². The molecule has 0 aliphatic heterocycles. The number of benzene rings is 2. The second-order valence-corrected chi connectivity index (χ2v) is 9.02. The molecule has 3 rings (SSSR count). The van der Waals surface area contributed by atoms with Crippen molar-refractivity contribution in [2.24, 2.45) is 0 Å². The normalized spacial score (nSPS) is 11.5. The van der Waals surface area contributed by atoms with Crippen molar-refractivity contribution >= 4 is 5.91 Å². The van der Waals surface area contributed by atoms with Crippen LogP contribution in [0.4, 0.5) is 0 Å². The first kappa shape index (κ1) is 21.9. The highest BCUT2D eigenvalue weighted by Gasteiger charge is 2.19. The van der Waals surface area contributed by atoms with Gasteiger partial charge in [0.15, 0.2) is 0 Å². The molecular formula is C27H34N2O. The van der Waals surface area contributed by atoms with E-state index in [-0.39, 0.29) is 11.3 Å². The van der Waals surface area contributed by atoms with Crippen LogP contribution < -0.4 is 0 Å². The molecule has 0 radical (unpaired) electrons. The van der Waals surface area contributed by atoms with Crippen LogP contribution in [0.2, 0.25) is 0 Å². The minimum absolute atomic E-state index is 0.0851. The van der Waals surface area contributed by atoms with Crippen molar-refractivity contribution < 1.29 is 4.79 Å². The molecule has 3 nitrogen and oxygen atoms in total. The van der Waals surface area contributed by atoms with Gasteiger partial charge in [-0.25, -0.2) is 0 Å². The molecule has 0 aliphatic carbocycles. The third-order valence-electron chi connectivity index (χ3n) is 5.54. The highest BCUT2D eigenvalue weighted by atomic mass is 16.2. The summed E-state index contributed by atoms with van der Waals surface area (Å²) in [4.78, 5) is 15.3. The van der Waals surface area contributed by atoms with Crippen molar-refractivity contribution in [2.45, 2.75) is 59.0 Å². The molecule has 1 amide bonds. The second kappa shape index (κ2) is 9.80. The van der Waals surface area contributed by atoms with Gasteiger partial charge in [0.1, 0.15) is 0 Å². The molecule has 3 aromatic rings. The average Bonchev–Trinajstić information content (AvgIpc) is 3.17. The van der Waals surface area contributed by atoms with E-state index in [1.54, 1.807) is 0 Å². The number of hydrogen-bond acceptors (Lipinski definition) is 1. The smallest absolute Gasteiger partial charge is 0.254 e. The zero-order valence-electron chi connectivity index (χ0n) is 18.8. The lowest BCUT2D eigenvalue weighted by Crippen LogP contribution is -2.32. The van der Waals surface area contributed by atoms with Crippen molar-refractivity contribution in [1.29, 1.82) is 0 Å². The van der Waals surface area contributed by atoms with Crippen molar-refractivity contribution in [3.05, 3.63) is 95.3 Å². The molecule has 30 heavy (non-hydrogen) atoms. The largest absolute Gasteiger partial charge is 0.345 e. The Morgan fingerprint density at radius 1 is 0.933 bits per heavy atom. The van der Waals surface area contributed by atoms with Crippen LogP contribution in [0.5, 0.6) is 0 Å². The Kier molecular flexibility index (Phi) is 7.15. The van der Waals surface area contributed by atoms with Gasteiger partial charge < -0.3 is 9.47 Å². The zero-order valence-corrected chi connectivity index (χ0v) is 18.8. The van der Waals surface area contributed by atoms with Crippen molar-refractivity contribution in [3.63, 3.8) is 0 Å². The van der Waals surface area contributed by atoms with Gasteiger partial charge in [-0.1, -0.05) is 76.6 Å². The van der Waals surface area contributed by atoms with Crippen LogP contribution in [-0.4, -0.2) is 21.9 Å². The van der Waals surface area contributed by atoms with Gasteiger partial charge in [-0.15, -0.1) is 0 Å². The fourth-order valence-corrected chi connectivity index (χ4v) is 3.62. The van der Waals surface area contributed by atoms with Crippen LogP contribution in [0.1, 0.15) is 67.7 Å². The maximum atomic E-state index is 13.3.